The molecule has 0 saturated carbocycles. The average Bonchev–Trinajstić information content (AvgIpc) is 3.12. The fourth-order valence-electron chi connectivity index (χ4n) is 2.52. The van der Waals surface area contributed by atoms with Crippen molar-refractivity contribution in [2.45, 2.75) is 0 Å². The van der Waals surface area contributed by atoms with E-state index in [2.05, 4.69) is 44.5 Å². The van der Waals surface area contributed by atoms with Gasteiger partial charge in [-0.05, 0) is 18.2 Å². The molecule has 20 heavy (non-hydrogen) atoms. The lowest BCUT2D eigenvalue weighted by atomic mass is 10.1. The largest absolute Gasteiger partial charge is 0.370 e. The topological polar surface area (TPSA) is 58.0 Å². The molecular formula is C15H13N5. The molecule has 3 aromatic heterocycles. The van der Waals surface area contributed by atoms with E-state index >= 15 is 0 Å². The number of hydrogen-bond acceptors (Lipinski definition) is 3. The Labute approximate surface area is 115 Å². The number of nitrogens with one attached hydrogen (secondary N) is 2. The van der Waals surface area contributed by atoms with Crippen molar-refractivity contribution in [1.82, 2.24) is 19.4 Å². The van der Waals surface area contributed by atoms with Crippen LogP contribution in [0.2, 0.25) is 0 Å². The molecule has 0 saturated heterocycles. The van der Waals surface area contributed by atoms with E-state index in [1.54, 1.807) is 6.20 Å². The van der Waals surface area contributed by atoms with Crippen molar-refractivity contribution in [1.29, 1.82) is 0 Å². The highest BCUT2D eigenvalue weighted by Gasteiger charge is 2.09. The van der Waals surface area contributed by atoms with Gasteiger partial charge in [0.05, 0.1) is 11.9 Å². The van der Waals surface area contributed by atoms with Gasteiger partial charge in [0.2, 0.25) is 0 Å². The predicted molar refractivity (Wildman–Crippen MR) is 79.8 cm³/mol. The van der Waals surface area contributed by atoms with Gasteiger partial charge in [0.15, 0.2) is 11.5 Å². The van der Waals surface area contributed by atoms with Crippen molar-refractivity contribution >= 4 is 22.4 Å². The summed E-state index contributed by atoms with van der Waals surface area (Å²) in [5, 5.41) is 4.26. The molecular weight excluding hydrogens is 250 g/mol. The van der Waals surface area contributed by atoms with Gasteiger partial charge < -0.3 is 10.3 Å². The Balaban J connectivity index is 1.97. The Kier molecular flexibility index (Phi) is 2.26. The predicted octanol–water partition coefficient (Wildman–Crippen LogP) is 2.92. The molecule has 1 aromatic carbocycles. The Bertz CT molecular complexity index is 903. The smallest absolute Gasteiger partial charge is 0.180 e. The highest BCUT2D eigenvalue weighted by atomic mass is 15.1. The second-order valence-electron chi connectivity index (χ2n) is 4.64. The van der Waals surface area contributed by atoms with Crippen molar-refractivity contribution in [3.05, 3.63) is 49.1 Å². The fraction of sp³-hybridized carbons (Fsp3) is 0.0667. The molecule has 0 aliphatic carbocycles. The summed E-state index contributed by atoms with van der Waals surface area (Å²) in [7, 11) is 1.85. The number of nitrogens with zero attached hydrogens (tertiary/aromatic N) is 3. The summed E-state index contributed by atoms with van der Waals surface area (Å²) in [6, 6.07) is 8.42. The van der Waals surface area contributed by atoms with Crippen LogP contribution in [0.4, 0.5) is 5.82 Å². The van der Waals surface area contributed by atoms with Gasteiger partial charge in [-0.3, -0.25) is 4.40 Å². The zero-order valence-electron chi connectivity index (χ0n) is 11.0. The van der Waals surface area contributed by atoms with E-state index in [4.69, 9.17) is 0 Å². The van der Waals surface area contributed by atoms with Crippen molar-refractivity contribution in [2.24, 2.45) is 0 Å². The van der Waals surface area contributed by atoms with Crippen LogP contribution in [0.15, 0.2) is 49.1 Å². The summed E-state index contributed by atoms with van der Waals surface area (Å²) < 4.78 is 2.05. The number of imidazole rings is 1. The highest BCUT2D eigenvalue weighted by molar-refractivity contribution is 5.85. The molecule has 0 bridgehead atoms. The minimum Gasteiger partial charge on any atom is -0.370 e. The Morgan fingerprint density at radius 3 is 3.05 bits per heavy atom. The summed E-state index contributed by atoms with van der Waals surface area (Å²) >= 11 is 0. The van der Waals surface area contributed by atoms with Gasteiger partial charge in [-0.15, -0.1) is 0 Å². The zero-order valence-corrected chi connectivity index (χ0v) is 11.0. The lowest BCUT2D eigenvalue weighted by Gasteiger charge is -2.04. The van der Waals surface area contributed by atoms with Crippen molar-refractivity contribution in [3.8, 4) is 11.3 Å². The van der Waals surface area contributed by atoms with E-state index in [0.717, 1.165) is 28.2 Å². The molecule has 2 N–H and O–H groups in total. The number of H-pyrrole nitrogens is 1. The number of fused-ring (bicyclic) bond motifs is 2. The summed E-state index contributed by atoms with van der Waals surface area (Å²) in [6.45, 7) is 0. The first-order chi connectivity index (χ1) is 9.86. The van der Waals surface area contributed by atoms with E-state index in [1.807, 2.05) is 30.0 Å². The number of anilines is 1. The third kappa shape index (κ3) is 1.50. The van der Waals surface area contributed by atoms with Gasteiger partial charge >= 0.3 is 0 Å². The van der Waals surface area contributed by atoms with Crippen molar-refractivity contribution in [3.63, 3.8) is 0 Å². The Hall–Kier alpha value is -2.82. The van der Waals surface area contributed by atoms with Crippen LogP contribution in [0.25, 0.3) is 27.8 Å². The molecule has 0 fully saturated rings. The maximum Gasteiger partial charge on any atom is 0.180 e. The molecule has 5 heteroatoms. The number of aromatic nitrogens is 4. The van der Waals surface area contributed by atoms with E-state index in [-0.39, 0.29) is 0 Å². The van der Waals surface area contributed by atoms with Crippen LogP contribution in [-0.2, 0) is 0 Å². The first-order valence-corrected chi connectivity index (χ1v) is 6.44. The van der Waals surface area contributed by atoms with Gasteiger partial charge in [0, 0.05) is 42.1 Å². The summed E-state index contributed by atoms with van der Waals surface area (Å²) in [5.41, 5.74) is 4.17. The van der Waals surface area contributed by atoms with Gasteiger partial charge in [-0.25, -0.2) is 9.97 Å². The molecule has 0 aliphatic rings. The van der Waals surface area contributed by atoms with Crippen LogP contribution < -0.4 is 5.32 Å². The second kappa shape index (κ2) is 4.09. The quantitative estimate of drug-likeness (QED) is 0.584. The van der Waals surface area contributed by atoms with Crippen LogP contribution in [0.3, 0.4) is 0 Å². The van der Waals surface area contributed by atoms with Crippen LogP contribution in [-0.4, -0.2) is 26.4 Å². The molecule has 4 rings (SSSR count). The maximum atomic E-state index is 4.46. The monoisotopic (exact) mass is 263 g/mol. The standard InChI is InChI=1S/C15H13N5/c1-16-14-15-19-9-13(20(15)7-6-18-14)11-2-3-12-10(8-11)4-5-17-12/h2-9,17H,1H3,(H,16,18). The Morgan fingerprint density at radius 1 is 1.20 bits per heavy atom. The molecule has 4 aromatic rings. The summed E-state index contributed by atoms with van der Waals surface area (Å²) in [5.74, 6) is 0.779. The third-order valence-corrected chi connectivity index (χ3v) is 3.51. The van der Waals surface area contributed by atoms with E-state index < -0.39 is 0 Å². The Morgan fingerprint density at radius 2 is 2.15 bits per heavy atom. The van der Waals surface area contributed by atoms with Gasteiger partial charge in [-0.2, -0.15) is 0 Å². The van der Waals surface area contributed by atoms with Gasteiger partial charge in [0.25, 0.3) is 0 Å². The SMILES string of the molecule is CNc1nccn2c(-c3ccc4[nH]ccc4c3)cnc12. The van der Waals surface area contributed by atoms with Crippen LogP contribution >= 0.6 is 0 Å². The van der Waals surface area contributed by atoms with Crippen LogP contribution in [0.5, 0.6) is 0 Å². The molecule has 98 valence electrons. The first-order valence-electron chi connectivity index (χ1n) is 6.44. The number of rotatable bonds is 2. The number of aromatic amines is 1. The van der Waals surface area contributed by atoms with Crippen molar-refractivity contribution < 1.29 is 0 Å². The average molecular weight is 263 g/mol. The van der Waals surface area contributed by atoms with Gasteiger partial charge in [-0.1, -0.05) is 6.07 Å². The fourth-order valence-corrected chi connectivity index (χ4v) is 2.52. The zero-order chi connectivity index (χ0) is 13.5. The summed E-state index contributed by atoms with van der Waals surface area (Å²) in [6.07, 6.45) is 7.54. The first kappa shape index (κ1) is 11.0. The molecule has 0 amide bonds. The maximum absolute atomic E-state index is 4.46. The number of hydrogen-bond donors (Lipinski definition) is 2. The minimum atomic E-state index is 0.779. The molecule has 0 unspecified atom stereocenters. The number of benzene rings is 1. The molecule has 3 heterocycles. The minimum absolute atomic E-state index is 0.779. The molecule has 0 spiro atoms. The highest BCUT2D eigenvalue weighted by Crippen LogP contribution is 2.26. The lowest BCUT2D eigenvalue weighted by Crippen LogP contribution is -1.97. The van der Waals surface area contributed by atoms with E-state index in [0.29, 0.717) is 0 Å². The van der Waals surface area contributed by atoms with Gasteiger partial charge in [0.1, 0.15) is 0 Å². The van der Waals surface area contributed by atoms with E-state index in [1.165, 1.54) is 5.39 Å². The molecule has 0 radical (unpaired) electrons. The van der Waals surface area contributed by atoms with Crippen LogP contribution in [0, 0.1) is 0 Å². The summed E-state index contributed by atoms with van der Waals surface area (Å²) in [4.78, 5) is 11.9. The van der Waals surface area contributed by atoms with Crippen molar-refractivity contribution in [2.75, 3.05) is 12.4 Å². The second-order valence-corrected chi connectivity index (χ2v) is 4.64. The lowest BCUT2D eigenvalue weighted by molar-refractivity contribution is 1.13. The molecule has 5 nitrogen and oxygen atoms in total. The normalized spacial score (nSPS) is 11.2. The van der Waals surface area contributed by atoms with Crippen LogP contribution in [0.1, 0.15) is 0 Å². The third-order valence-electron chi connectivity index (χ3n) is 3.51. The molecule has 0 atom stereocenters. The van der Waals surface area contributed by atoms with E-state index in [9.17, 15) is 0 Å². The molecule has 0 aliphatic heterocycles.